The molecule has 5 atom stereocenters. The third-order valence-electron chi connectivity index (χ3n) is 13.5. The van der Waals surface area contributed by atoms with Gasteiger partial charge in [-0.3, -0.25) is 32.5 Å². The first-order valence-electron chi connectivity index (χ1n) is 34.1. The Morgan fingerprint density at radius 1 is 0.319 bits per heavy atom. The minimum Gasteiger partial charge on any atom is -0.463 e. The number of esters is 3. The number of hydrogen-bond acceptors (Lipinski definition) is 14. The van der Waals surface area contributed by atoms with Crippen molar-refractivity contribution in [1.29, 1.82) is 0 Å². The Balaban J connectivity index is 4.69. The number of hydrogen-bond donors (Lipinski definition) is 4. The molecule has 0 radical (unpaired) electrons. The maximum absolute atomic E-state index is 12.9. The van der Waals surface area contributed by atoms with E-state index in [1.54, 1.807) is 0 Å². The molecule has 0 rings (SSSR count). The van der Waals surface area contributed by atoms with Crippen LogP contribution in [0.5, 0.6) is 0 Å². The molecule has 0 saturated heterocycles. The predicted octanol–water partition coefficient (Wildman–Crippen LogP) is 19.0. The van der Waals surface area contributed by atoms with Crippen LogP contribution in [0.2, 0.25) is 0 Å². The molecule has 0 aromatic carbocycles. The molecule has 18 heteroatoms. The molecule has 0 aliphatic carbocycles. The second kappa shape index (κ2) is 65.5. The summed E-state index contributed by atoms with van der Waals surface area (Å²) in [5, 5.41) is 20.5. The van der Waals surface area contributed by atoms with Crippen molar-refractivity contribution >= 4 is 33.6 Å². The van der Waals surface area contributed by atoms with Crippen LogP contribution in [-0.2, 0) is 55.8 Å². The number of aliphatic hydroxyl groups excluding tert-OH is 2. The van der Waals surface area contributed by atoms with Crippen molar-refractivity contribution < 1.29 is 75.8 Å². The van der Waals surface area contributed by atoms with Crippen LogP contribution < -0.4 is 0 Å². The first-order chi connectivity index (χ1) is 44.2. The Morgan fingerprint density at radius 3 is 0.945 bits per heavy atom. The quantitative estimate of drug-likeness (QED) is 0.0146. The Morgan fingerprint density at radius 2 is 0.582 bits per heavy atom. The van der Waals surface area contributed by atoms with E-state index in [-0.39, 0.29) is 19.3 Å². The van der Waals surface area contributed by atoms with Gasteiger partial charge in [0.1, 0.15) is 25.4 Å². The van der Waals surface area contributed by atoms with E-state index < -0.39 is 91.5 Å². The highest BCUT2D eigenvalue weighted by Crippen LogP contribution is 2.45. The molecular weight excluding hydrogens is 1190 g/mol. The maximum Gasteiger partial charge on any atom is 0.472 e. The number of carbonyl (C=O) groups excluding carboxylic acids is 3. The number of carbonyl (C=O) groups is 3. The molecule has 4 N–H and O–H groups in total. The van der Waals surface area contributed by atoms with Crippen molar-refractivity contribution in [3.63, 3.8) is 0 Å². The lowest BCUT2D eigenvalue weighted by Crippen LogP contribution is -2.30. The van der Waals surface area contributed by atoms with Crippen molar-refractivity contribution in [1.82, 2.24) is 0 Å². The molecule has 0 aliphatic heterocycles. The van der Waals surface area contributed by atoms with Crippen LogP contribution in [0, 0.1) is 0 Å². The van der Waals surface area contributed by atoms with Crippen molar-refractivity contribution in [2.45, 2.75) is 257 Å². The van der Waals surface area contributed by atoms with Gasteiger partial charge in [0.05, 0.1) is 26.4 Å². The molecule has 0 bridgehead atoms. The smallest absolute Gasteiger partial charge is 0.463 e. The number of rotatable bonds is 63. The van der Waals surface area contributed by atoms with E-state index >= 15 is 0 Å². The third kappa shape index (κ3) is 66.7. The van der Waals surface area contributed by atoms with E-state index in [0.717, 1.165) is 154 Å². The molecule has 0 aromatic rings. The standard InChI is InChI=1S/C73H120O16P2/c1-4-7-10-13-16-19-22-25-27-29-31-32-33-34-36-38-39-42-44-47-50-53-56-59-71(76)83-62-68(74)63-85-90(79,80)86-64-69(75)65-87-91(81,82)88-67-70(89-73(78)61-58-55-52-49-46-41-24-21-18-15-12-9-6-3)66-84-72(77)60-57-54-51-48-45-43-40-37-35-30-28-26-23-20-17-14-11-8-5-2/h7-8,10-11,16-17,19-21,24-28,31-32,34-37,39,42-43,45,68-70,74-75H,4-6,9,12-15,18,22-23,29-30,33,38,40-41,44,46-67H2,1-3H3,(H,79,80)(H,81,82)/b10-7-,11-8-,19-16-,20-17-,24-21-,27-25-,28-26-,32-31-,36-34-,37-35-,42-39-,45-43-. The minimum atomic E-state index is -4.94. The van der Waals surface area contributed by atoms with Gasteiger partial charge in [-0.25, -0.2) is 9.13 Å². The lowest BCUT2D eigenvalue weighted by Gasteiger charge is -2.21. The van der Waals surface area contributed by atoms with E-state index in [1.165, 1.54) is 25.7 Å². The molecule has 16 nitrogen and oxygen atoms in total. The van der Waals surface area contributed by atoms with Gasteiger partial charge in [0.25, 0.3) is 0 Å². The molecule has 518 valence electrons. The van der Waals surface area contributed by atoms with Crippen molar-refractivity contribution in [2.75, 3.05) is 39.6 Å². The van der Waals surface area contributed by atoms with Crippen molar-refractivity contribution in [3.05, 3.63) is 146 Å². The zero-order chi connectivity index (χ0) is 66.7. The summed E-state index contributed by atoms with van der Waals surface area (Å²) in [5.41, 5.74) is 0. The van der Waals surface area contributed by atoms with Crippen LogP contribution >= 0.6 is 15.6 Å². The molecule has 5 unspecified atom stereocenters. The van der Waals surface area contributed by atoms with Gasteiger partial charge >= 0.3 is 33.6 Å². The highest BCUT2D eigenvalue weighted by atomic mass is 31.2. The summed E-state index contributed by atoms with van der Waals surface area (Å²) < 4.78 is 60.8. The fraction of sp³-hybridized carbons (Fsp3) is 0.630. The van der Waals surface area contributed by atoms with Crippen molar-refractivity contribution in [3.8, 4) is 0 Å². The normalized spacial score (nSPS) is 15.1. The zero-order valence-corrected chi connectivity index (χ0v) is 57.7. The van der Waals surface area contributed by atoms with Crippen LogP contribution in [0.3, 0.4) is 0 Å². The van der Waals surface area contributed by atoms with Gasteiger partial charge in [0, 0.05) is 19.3 Å². The van der Waals surface area contributed by atoms with Crippen LogP contribution in [0.25, 0.3) is 0 Å². The second-order valence-electron chi connectivity index (χ2n) is 22.2. The van der Waals surface area contributed by atoms with Gasteiger partial charge in [-0.15, -0.1) is 0 Å². The van der Waals surface area contributed by atoms with Gasteiger partial charge in [-0.1, -0.05) is 224 Å². The van der Waals surface area contributed by atoms with Gasteiger partial charge < -0.3 is 34.2 Å². The molecule has 0 aliphatic rings. The number of aliphatic hydroxyl groups is 2. The largest absolute Gasteiger partial charge is 0.472 e. The maximum atomic E-state index is 12.9. The predicted molar refractivity (Wildman–Crippen MR) is 371 cm³/mol. The Kier molecular flexibility index (Phi) is 62.2. The number of ether oxygens (including phenoxy) is 3. The van der Waals surface area contributed by atoms with Gasteiger partial charge in [0.15, 0.2) is 6.10 Å². The monoisotopic (exact) mass is 1310 g/mol. The lowest BCUT2D eigenvalue weighted by molar-refractivity contribution is -0.161. The summed E-state index contributed by atoms with van der Waals surface area (Å²) in [7, 11) is -9.80. The summed E-state index contributed by atoms with van der Waals surface area (Å²) >= 11 is 0. The summed E-state index contributed by atoms with van der Waals surface area (Å²) in [5.74, 6) is -1.66. The molecule has 0 heterocycles. The van der Waals surface area contributed by atoms with Crippen LogP contribution in [-0.4, -0.2) is 95.9 Å². The molecule has 91 heavy (non-hydrogen) atoms. The fourth-order valence-electron chi connectivity index (χ4n) is 8.36. The molecule has 0 saturated carbocycles. The number of phosphoric ester groups is 2. The first kappa shape index (κ1) is 86.4. The van der Waals surface area contributed by atoms with Crippen molar-refractivity contribution in [2.24, 2.45) is 0 Å². The highest BCUT2D eigenvalue weighted by Gasteiger charge is 2.29. The SMILES string of the molecule is CC/C=C\C/C=C\C/C=C\C/C=C\C/C=C\C/C=C\CCCCCCC(=O)OCC(O)COP(=O)(O)OCC(O)COP(=O)(O)OCC(COC(=O)CCCCC/C=C\C/C=C\C/C=C\C/C=C\C/C=C\CC)OC(=O)CCCCCCC/C=C\CCCCCC. The van der Waals surface area contributed by atoms with E-state index in [0.29, 0.717) is 19.3 Å². The third-order valence-corrected chi connectivity index (χ3v) is 15.4. The Hall–Kier alpha value is -4.57. The Bertz CT molecular complexity index is 2240. The molecular formula is C73H120O16P2. The molecule has 0 fully saturated rings. The minimum absolute atomic E-state index is 0.0818. The van der Waals surface area contributed by atoms with Gasteiger partial charge in [-0.05, 0) is 141 Å². The lowest BCUT2D eigenvalue weighted by atomic mass is 10.1. The van der Waals surface area contributed by atoms with E-state index in [4.69, 9.17) is 32.3 Å². The number of allylic oxidation sites excluding steroid dienone is 24. The number of unbranched alkanes of at least 4 members (excludes halogenated alkanes) is 16. The molecule has 0 aromatic heterocycles. The zero-order valence-electron chi connectivity index (χ0n) is 56.0. The van der Waals surface area contributed by atoms with Crippen LogP contribution in [0.15, 0.2) is 146 Å². The Labute approximate surface area is 549 Å². The number of phosphoric acid groups is 2. The van der Waals surface area contributed by atoms with Gasteiger partial charge in [0.2, 0.25) is 0 Å². The second-order valence-corrected chi connectivity index (χ2v) is 25.1. The van der Waals surface area contributed by atoms with E-state index in [2.05, 4.69) is 167 Å². The summed E-state index contributed by atoms with van der Waals surface area (Å²) in [6.45, 7) is 2.31. The van der Waals surface area contributed by atoms with Gasteiger partial charge in [-0.2, -0.15) is 0 Å². The van der Waals surface area contributed by atoms with E-state index in [9.17, 15) is 43.5 Å². The highest BCUT2D eigenvalue weighted by molar-refractivity contribution is 7.47. The van der Waals surface area contributed by atoms with E-state index in [1.807, 2.05) is 0 Å². The van der Waals surface area contributed by atoms with Crippen LogP contribution in [0.1, 0.15) is 239 Å². The average molecular weight is 1320 g/mol. The fourth-order valence-corrected chi connectivity index (χ4v) is 9.94. The van der Waals surface area contributed by atoms with Crippen LogP contribution in [0.4, 0.5) is 0 Å². The molecule has 0 spiro atoms. The summed E-state index contributed by atoms with van der Waals surface area (Å²) in [6.07, 6.45) is 77.6. The summed E-state index contributed by atoms with van der Waals surface area (Å²) in [4.78, 5) is 58.3. The first-order valence-corrected chi connectivity index (χ1v) is 37.1. The average Bonchev–Trinajstić information content (AvgIpc) is 3.74. The molecule has 0 amide bonds. The topological polar surface area (TPSA) is 231 Å². The summed E-state index contributed by atoms with van der Waals surface area (Å²) in [6, 6.07) is 0.